The van der Waals surface area contributed by atoms with Gasteiger partial charge in [0.25, 0.3) is 0 Å². The molecule has 0 saturated carbocycles. The van der Waals surface area contributed by atoms with E-state index in [0.29, 0.717) is 41.2 Å². The molecule has 1 aliphatic heterocycles. The van der Waals surface area contributed by atoms with Crippen molar-refractivity contribution in [2.24, 2.45) is 0 Å². The molecule has 1 atom stereocenters. The van der Waals surface area contributed by atoms with Crippen LogP contribution in [0, 0.1) is 0 Å². The third kappa shape index (κ3) is 3.39. The van der Waals surface area contributed by atoms with Crippen LogP contribution in [0.1, 0.15) is 18.9 Å². The number of hydrogen-bond acceptors (Lipinski definition) is 3. The fraction of sp³-hybridized carbons (Fsp3) is 0.538. The molecule has 0 saturated heterocycles. The van der Waals surface area contributed by atoms with Gasteiger partial charge in [0.1, 0.15) is 0 Å². The summed E-state index contributed by atoms with van der Waals surface area (Å²) in [5.41, 5.74) is 1.05. The molecular weight excluding hydrogens is 272 g/mol. The molecule has 5 heteroatoms. The molecular formula is C13H17ClO3S. The summed E-state index contributed by atoms with van der Waals surface area (Å²) < 4.78 is 22.6. The van der Waals surface area contributed by atoms with E-state index in [1.807, 2.05) is 19.1 Å². The van der Waals surface area contributed by atoms with Crippen molar-refractivity contribution >= 4 is 22.4 Å². The molecule has 2 rings (SSSR count). The summed E-state index contributed by atoms with van der Waals surface area (Å²) in [7, 11) is -0.754. The fourth-order valence-electron chi connectivity index (χ4n) is 1.80. The minimum atomic E-state index is -0.754. The van der Waals surface area contributed by atoms with Gasteiger partial charge in [0.15, 0.2) is 11.5 Å². The second kappa shape index (κ2) is 6.43. The average Bonchev–Trinajstić information content (AvgIpc) is 2.61. The van der Waals surface area contributed by atoms with Crippen molar-refractivity contribution in [1.82, 2.24) is 0 Å². The Balaban J connectivity index is 2.15. The number of hydrogen-bond donors (Lipinski definition) is 0. The van der Waals surface area contributed by atoms with Gasteiger partial charge in [-0.25, -0.2) is 0 Å². The van der Waals surface area contributed by atoms with E-state index >= 15 is 0 Å². The maximum Gasteiger partial charge on any atom is 0.179 e. The molecule has 1 aliphatic rings. The lowest BCUT2D eigenvalue weighted by atomic mass is 10.1. The van der Waals surface area contributed by atoms with Gasteiger partial charge in [0, 0.05) is 28.7 Å². The third-order valence-corrected chi connectivity index (χ3v) is 4.39. The second-order valence-electron chi connectivity index (χ2n) is 4.14. The van der Waals surface area contributed by atoms with Crippen LogP contribution >= 0.6 is 11.6 Å². The van der Waals surface area contributed by atoms with Crippen LogP contribution in [0.5, 0.6) is 11.5 Å². The Morgan fingerprint density at radius 1 is 1.33 bits per heavy atom. The maximum absolute atomic E-state index is 11.4. The summed E-state index contributed by atoms with van der Waals surface area (Å²) in [6, 6.07) is 3.82. The SMILES string of the molecule is CCS(=O)CCc1cc(Cl)c2c(c1)OCCCO2. The molecule has 1 aromatic carbocycles. The Labute approximate surface area is 115 Å². The predicted molar refractivity (Wildman–Crippen MR) is 74.3 cm³/mol. The van der Waals surface area contributed by atoms with Crippen molar-refractivity contribution in [1.29, 1.82) is 0 Å². The normalized spacial score (nSPS) is 16.1. The lowest BCUT2D eigenvalue weighted by Gasteiger charge is -2.11. The van der Waals surface area contributed by atoms with E-state index in [-0.39, 0.29) is 0 Å². The molecule has 0 radical (unpaired) electrons. The number of ether oxygens (including phenoxy) is 2. The average molecular weight is 289 g/mol. The topological polar surface area (TPSA) is 35.5 Å². The van der Waals surface area contributed by atoms with Crippen molar-refractivity contribution in [3.63, 3.8) is 0 Å². The van der Waals surface area contributed by atoms with Crippen LogP contribution in [0.15, 0.2) is 12.1 Å². The summed E-state index contributed by atoms with van der Waals surface area (Å²) in [5, 5.41) is 0.576. The first-order chi connectivity index (χ1) is 8.70. The molecule has 18 heavy (non-hydrogen) atoms. The number of halogens is 1. The van der Waals surface area contributed by atoms with E-state index in [1.165, 1.54) is 0 Å². The molecule has 0 aromatic heterocycles. The fourth-order valence-corrected chi connectivity index (χ4v) is 2.84. The summed E-state index contributed by atoms with van der Waals surface area (Å²) in [6.45, 7) is 3.21. The number of benzene rings is 1. The van der Waals surface area contributed by atoms with Crippen molar-refractivity contribution in [3.05, 3.63) is 22.7 Å². The van der Waals surface area contributed by atoms with Gasteiger partial charge < -0.3 is 9.47 Å². The monoisotopic (exact) mass is 288 g/mol. The molecule has 3 nitrogen and oxygen atoms in total. The molecule has 100 valence electrons. The minimum Gasteiger partial charge on any atom is -0.489 e. The quantitative estimate of drug-likeness (QED) is 0.855. The van der Waals surface area contributed by atoms with Crippen LogP contribution in [-0.4, -0.2) is 28.9 Å². The third-order valence-electron chi connectivity index (χ3n) is 2.80. The first-order valence-electron chi connectivity index (χ1n) is 6.13. The van der Waals surface area contributed by atoms with Crippen LogP contribution in [0.2, 0.25) is 5.02 Å². The van der Waals surface area contributed by atoms with Crippen LogP contribution in [0.4, 0.5) is 0 Å². The van der Waals surface area contributed by atoms with Gasteiger partial charge in [-0.2, -0.15) is 0 Å². The number of aryl methyl sites for hydroxylation is 1. The highest BCUT2D eigenvalue weighted by molar-refractivity contribution is 7.84. The lowest BCUT2D eigenvalue weighted by Crippen LogP contribution is -2.03. The van der Waals surface area contributed by atoms with Crippen LogP contribution < -0.4 is 9.47 Å². The van der Waals surface area contributed by atoms with E-state index in [0.717, 1.165) is 18.4 Å². The van der Waals surface area contributed by atoms with Gasteiger partial charge in [-0.1, -0.05) is 18.5 Å². The van der Waals surface area contributed by atoms with Crippen LogP contribution in [0.3, 0.4) is 0 Å². The Morgan fingerprint density at radius 2 is 2.11 bits per heavy atom. The molecule has 0 fully saturated rings. The molecule has 0 spiro atoms. The van der Waals surface area contributed by atoms with Crippen LogP contribution in [0.25, 0.3) is 0 Å². The Hall–Kier alpha value is -0.740. The molecule has 0 aliphatic carbocycles. The van der Waals surface area contributed by atoms with Crippen molar-refractivity contribution < 1.29 is 13.7 Å². The zero-order chi connectivity index (χ0) is 13.0. The van der Waals surface area contributed by atoms with E-state index in [1.54, 1.807) is 0 Å². The van der Waals surface area contributed by atoms with Gasteiger partial charge in [-0.05, 0) is 24.1 Å². The first-order valence-corrected chi connectivity index (χ1v) is 8.00. The molecule has 1 aromatic rings. The van der Waals surface area contributed by atoms with E-state index < -0.39 is 10.8 Å². The smallest absolute Gasteiger partial charge is 0.179 e. The molecule has 1 heterocycles. The highest BCUT2D eigenvalue weighted by atomic mass is 35.5. The van der Waals surface area contributed by atoms with Gasteiger partial charge in [0.2, 0.25) is 0 Å². The molecule has 1 unspecified atom stereocenters. The van der Waals surface area contributed by atoms with Gasteiger partial charge in [-0.15, -0.1) is 0 Å². The lowest BCUT2D eigenvalue weighted by molar-refractivity contribution is 0.297. The van der Waals surface area contributed by atoms with Gasteiger partial charge in [-0.3, -0.25) is 4.21 Å². The first kappa shape index (κ1) is 13.7. The Bertz CT molecular complexity index is 448. The highest BCUT2D eigenvalue weighted by Gasteiger charge is 2.15. The highest BCUT2D eigenvalue weighted by Crippen LogP contribution is 2.38. The molecule has 0 amide bonds. The van der Waals surface area contributed by atoms with Gasteiger partial charge >= 0.3 is 0 Å². The summed E-state index contributed by atoms with van der Waals surface area (Å²) in [6.07, 6.45) is 1.61. The molecule has 0 N–H and O–H groups in total. The summed E-state index contributed by atoms with van der Waals surface area (Å²) in [4.78, 5) is 0. The summed E-state index contributed by atoms with van der Waals surface area (Å²) in [5.74, 6) is 2.69. The zero-order valence-corrected chi connectivity index (χ0v) is 12.0. The minimum absolute atomic E-state index is 0.576. The predicted octanol–water partition coefficient (Wildman–Crippen LogP) is 2.81. The van der Waals surface area contributed by atoms with E-state index in [2.05, 4.69) is 0 Å². The summed E-state index contributed by atoms with van der Waals surface area (Å²) >= 11 is 6.19. The number of rotatable bonds is 4. The van der Waals surface area contributed by atoms with Crippen molar-refractivity contribution in [2.75, 3.05) is 24.7 Å². The molecule has 0 bridgehead atoms. The Kier molecular flexibility index (Phi) is 4.89. The van der Waals surface area contributed by atoms with Gasteiger partial charge in [0.05, 0.1) is 18.2 Å². The Morgan fingerprint density at radius 3 is 2.89 bits per heavy atom. The van der Waals surface area contributed by atoms with E-state index in [9.17, 15) is 4.21 Å². The van der Waals surface area contributed by atoms with Crippen molar-refractivity contribution in [3.8, 4) is 11.5 Å². The maximum atomic E-state index is 11.4. The van der Waals surface area contributed by atoms with Crippen LogP contribution in [-0.2, 0) is 17.2 Å². The van der Waals surface area contributed by atoms with Crippen molar-refractivity contribution in [2.45, 2.75) is 19.8 Å². The zero-order valence-electron chi connectivity index (χ0n) is 10.4. The number of fused-ring (bicyclic) bond motifs is 1. The second-order valence-corrected chi connectivity index (χ2v) is 6.41. The standard InChI is InChI=1S/C13H17ClO3S/c1-2-18(15)7-4-10-8-11(14)13-12(9-10)16-5-3-6-17-13/h8-9H,2-7H2,1H3. The van der Waals surface area contributed by atoms with E-state index in [4.69, 9.17) is 21.1 Å². The largest absolute Gasteiger partial charge is 0.489 e.